The van der Waals surface area contributed by atoms with Gasteiger partial charge in [0.05, 0.1) is 29.0 Å². The molecule has 2 aromatic rings. The lowest BCUT2D eigenvalue weighted by Gasteiger charge is -2.25. The number of thioether (sulfide) groups is 1. The molecule has 1 heterocycles. The summed E-state index contributed by atoms with van der Waals surface area (Å²) in [5, 5.41) is 15.8. The molecule has 3 rings (SSSR count). The zero-order valence-corrected chi connectivity index (χ0v) is 18.6. The number of hydrogen-bond acceptors (Lipinski definition) is 5. The Bertz CT molecular complexity index is 1050. The van der Waals surface area contributed by atoms with Crippen LogP contribution in [0.5, 0.6) is 5.75 Å². The van der Waals surface area contributed by atoms with Gasteiger partial charge in [-0.15, -0.1) is 0 Å². The van der Waals surface area contributed by atoms with Gasteiger partial charge in [0.2, 0.25) is 11.8 Å². The molecule has 31 heavy (non-hydrogen) atoms. The number of benzene rings is 2. The zero-order valence-electron chi connectivity index (χ0n) is 17.8. The van der Waals surface area contributed by atoms with E-state index in [-0.39, 0.29) is 29.9 Å². The van der Waals surface area contributed by atoms with Crippen LogP contribution in [0.2, 0.25) is 0 Å². The largest absolute Gasteiger partial charge is 0.494 e. The molecule has 0 aliphatic carbocycles. The van der Waals surface area contributed by atoms with Crippen LogP contribution < -0.4 is 15.4 Å². The van der Waals surface area contributed by atoms with Gasteiger partial charge < -0.3 is 15.4 Å². The molecule has 0 aromatic heterocycles. The van der Waals surface area contributed by atoms with Crippen molar-refractivity contribution in [1.82, 2.24) is 5.32 Å². The second kappa shape index (κ2) is 10.2. The first kappa shape index (κ1) is 22.4. The summed E-state index contributed by atoms with van der Waals surface area (Å²) in [4.78, 5) is 24.7. The Labute approximate surface area is 186 Å². The summed E-state index contributed by atoms with van der Waals surface area (Å²) in [6, 6.07) is 15.4. The number of anilines is 1. The fourth-order valence-electron chi connectivity index (χ4n) is 3.33. The highest BCUT2D eigenvalue weighted by Crippen LogP contribution is 2.36. The fraction of sp³-hybridized carbons (Fsp3) is 0.292. The van der Waals surface area contributed by atoms with E-state index in [1.165, 1.54) is 11.8 Å². The van der Waals surface area contributed by atoms with Crippen molar-refractivity contribution in [3.63, 3.8) is 0 Å². The number of ether oxygens (including phenoxy) is 1. The number of amides is 2. The number of allylic oxidation sites excluding steroid dienone is 1. The summed E-state index contributed by atoms with van der Waals surface area (Å²) in [5.74, 6) is 0.112. The van der Waals surface area contributed by atoms with Crippen molar-refractivity contribution in [2.24, 2.45) is 0 Å². The van der Waals surface area contributed by atoms with Gasteiger partial charge in [-0.3, -0.25) is 9.59 Å². The second-order valence-electron chi connectivity index (χ2n) is 7.30. The van der Waals surface area contributed by atoms with Crippen LogP contribution in [0.15, 0.2) is 53.1 Å². The predicted molar refractivity (Wildman–Crippen MR) is 123 cm³/mol. The molecule has 2 aromatic carbocycles. The van der Waals surface area contributed by atoms with Crippen LogP contribution >= 0.6 is 11.8 Å². The molecule has 2 N–H and O–H groups in total. The van der Waals surface area contributed by atoms with E-state index in [0.717, 1.165) is 28.1 Å². The number of nitrogens with one attached hydrogen (secondary N) is 2. The Morgan fingerprint density at radius 3 is 2.61 bits per heavy atom. The highest BCUT2D eigenvalue weighted by molar-refractivity contribution is 8.03. The van der Waals surface area contributed by atoms with E-state index in [9.17, 15) is 14.9 Å². The highest BCUT2D eigenvalue weighted by Gasteiger charge is 2.29. The molecule has 2 amide bonds. The van der Waals surface area contributed by atoms with Gasteiger partial charge in [-0.2, -0.15) is 5.26 Å². The molecular weight excluding hydrogens is 410 g/mol. The van der Waals surface area contributed by atoms with Crippen LogP contribution in [-0.2, 0) is 9.59 Å². The number of nitrogens with zero attached hydrogens (tertiary/aromatic N) is 1. The Hall–Kier alpha value is -3.24. The maximum absolute atomic E-state index is 12.4. The van der Waals surface area contributed by atoms with Crippen molar-refractivity contribution >= 4 is 29.3 Å². The van der Waals surface area contributed by atoms with E-state index < -0.39 is 0 Å². The smallest absolute Gasteiger partial charge is 0.234 e. The standard InChI is InChI=1S/C24H25N3O3S/c1-4-30-19-9-6-17(7-10-19)20-12-22(28)27-24(21(20)13-25)31-14-23(29)26-18-8-5-15(2)16(3)11-18/h5-11,20H,4,12,14H2,1-3H3,(H,26,29)(H,27,28). The van der Waals surface area contributed by atoms with Gasteiger partial charge in [0.25, 0.3) is 0 Å². The van der Waals surface area contributed by atoms with E-state index in [0.29, 0.717) is 17.2 Å². The van der Waals surface area contributed by atoms with Gasteiger partial charge in [-0.05, 0) is 61.7 Å². The molecule has 1 aliphatic heterocycles. The topological polar surface area (TPSA) is 91.2 Å². The van der Waals surface area contributed by atoms with Crippen molar-refractivity contribution in [3.8, 4) is 11.8 Å². The van der Waals surface area contributed by atoms with Gasteiger partial charge >= 0.3 is 0 Å². The Balaban J connectivity index is 1.73. The lowest BCUT2D eigenvalue weighted by molar-refractivity contribution is -0.121. The summed E-state index contributed by atoms with van der Waals surface area (Å²) in [6.07, 6.45) is 0.190. The normalized spacial score (nSPS) is 15.8. The van der Waals surface area contributed by atoms with Crippen LogP contribution in [-0.4, -0.2) is 24.2 Å². The quantitative estimate of drug-likeness (QED) is 0.672. The molecule has 160 valence electrons. The SMILES string of the molecule is CCOc1ccc(C2CC(=O)NC(SCC(=O)Nc3ccc(C)c(C)c3)=C2C#N)cc1. The van der Waals surface area contributed by atoms with E-state index in [2.05, 4.69) is 16.7 Å². The molecule has 0 bridgehead atoms. The van der Waals surface area contributed by atoms with Crippen LogP contribution in [0, 0.1) is 25.2 Å². The van der Waals surface area contributed by atoms with E-state index in [1.807, 2.05) is 63.2 Å². The van der Waals surface area contributed by atoms with Gasteiger partial charge in [0.1, 0.15) is 5.75 Å². The summed E-state index contributed by atoms with van der Waals surface area (Å²) in [5.41, 5.74) is 4.31. The predicted octanol–water partition coefficient (Wildman–Crippen LogP) is 4.41. The first-order chi connectivity index (χ1) is 14.9. The van der Waals surface area contributed by atoms with Crippen molar-refractivity contribution in [1.29, 1.82) is 5.26 Å². The number of aryl methyl sites for hydroxylation is 2. The fourth-order valence-corrected chi connectivity index (χ4v) is 4.21. The summed E-state index contributed by atoms with van der Waals surface area (Å²) in [6.45, 7) is 6.48. The Morgan fingerprint density at radius 2 is 1.97 bits per heavy atom. The Kier molecular flexibility index (Phi) is 7.37. The minimum Gasteiger partial charge on any atom is -0.494 e. The minimum atomic E-state index is -0.347. The van der Waals surface area contributed by atoms with Crippen molar-refractivity contribution in [2.45, 2.75) is 33.1 Å². The van der Waals surface area contributed by atoms with Crippen LogP contribution in [0.4, 0.5) is 5.69 Å². The monoisotopic (exact) mass is 435 g/mol. The molecule has 0 saturated heterocycles. The van der Waals surface area contributed by atoms with Crippen molar-refractivity contribution < 1.29 is 14.3 Å². The molecular formula is C24H25N3O3S. The van der Waals surface area contributed by atoms with Gasteiger partial charge in [-0.25, -0.2) is 0 Å². The summed E-state index contributed by atoms with van der Waals surface area (Å²) in [7, 11) is 0. The third-order valence-corrected chi connectivity index (χ3v) is 6.10. The molecule has 1 aliphatic rings. The Morgan fingerprint density at radius 1 is 1.23 bits per heavy atom. The lowest BCUT2D eigenvalue weighted by atomic mass is 9.87. The average molecular weight is 436 g/mol. The molecule has 0 spiro atoms. The van der Waals surface area contributed by atoms with Crippen LogP contribution in [0.3, 0.4) is 0 Å². The number of nitriles is 1. The number of rotatable bonds is 7. The van der Waals surface area contributed by atoms with Gasteiger partial charge in [-0.1, -0.05) is 30.0 Å². The average Bonchev–Trinajstić information content (AvgIpc) is 2.75. The lowest BCUT2D eigenvalue weighted by Crippen LogP contribution is -2.31. The maximum atomic E-state index is 12.4. The van der Waals surface area contributed by atoms with Crippen molar-refractivity contribution in [3.05, 3.63) is 69.8 Å². The van der Waals surface area contributed by atoms with Crippen LogP contribution in [0.1, 0.15) is 36.0 Å². The second-order valence-corrected chi connectivity index (χ2v) is 8.28. The first-order valence-corrected chi connectivity index (χ1v) is 11.1. The number of carbonyl (C=O) groups is 2. The highest BCUT2D eigenvalue weighted by atomic mass is 32.2. The summed E-state index contributed by atoms with van der Waals surface area (Å²) < 4.78 is 5.47. The maximum Gasteiger partial charge on any atom is 0.234 e. The van der Waals surface area contributed by atoms with E-state index >= 15 is 0 Å². The molecule has 0 radical (unpaired) electrons. The zero-order chi connectivity index (χ0) is 22.4. The molecule has 6 nitrogen and oxygen atoms in total. The number of carbonyl (C=O) groups excluding carboxylic acids is 2. The van der Waals surface area contributed by atoms with Gasteiger partial charge in [0, 0.05) is 18.0 Å². The molecule has 1 atom stereocenters. The molecule has 0 fully saturated rings. The first-order valence-electron chi connectivity index (χ1n) is 10.1. The van der Waals surface area contributed by atoms with E-state index in [4.69, 9.17) is 4.74 Å². The number of hydrogen-bond donors (Lipinski definition) is 2. The van der Waals surface area contributed by atoms with Crippen LogP contribution in [0.25, 0.3) is 0 Å². The van der Waals surface area contributed by atoms with E-state index in [1.54, 1.807) is 0 Å². The molecule has 1 unspecified atom stereocenters. The third kappa shape index (κ3) is 5.68. The van der Waals surface area contributed by atoms with Crippen molar-refractivity contribution in [2.75, 3.05) is 17.7 Å². The summed E-state index contributed by atoms with van der Waals surface area (Å²) >= 11 is 1.17. The molecule has 0 saturated carbocycles. The minimum absolute atomic E-state index is 0.0870. The molecule has 7 heteroatoms. The third-order valence-electron chi connectivity index (χ3n) is 5.09. The van der Waals surface area contributed by atoms with Gasteiger partial charge in [0.15, 0.2) is 0 Å².